The Kier molecular flexibility index (Phi) is 4.58. The van der Waals surface area contributed by atoms with E-state index in [2.05, 4.69) is 19.2 Å². The Morgan fingerprint density at radius 1 is 1.47 bits per heavy atom. The van der Waals surface area contributed by atoms with Gasteiger partial charge in [-0.05, 0) is 32.2 Å². The van der Waals surface area contributed by atoms with Gasteiger partial charge in [0.2, 0.25) is 5.91 Å². The predicted molar refractivity (Wildman–Crippen MR) is 62.8 cm³/mol. The number of carbonyl (C=O) groups excluding carboxylic acids is 1. The van der Waals surface area contributed by atoms with Gasteiger partial charge in [0.05, 0.1) is 5.41 Å². The fourth-order valence-electron chi connectivity index (χ4n) is 2.45. The molecule has 1 rings (SSSR count). The lowest BCUT2D eigenvalue weighted by atomic mass is 9.77. The second-order valence-electron chi connectivity index (χ2n) is 4.64. The number of nitrogens with one attached hydrogen (secondary N) is 1. The molecular formula is C12H24N2O. The third kappa shape index (κ3) is 2.71. The molecule has 1 saturated heterocycles. The monoisotopic (exact) mass is 212 g/mol. The highest BCUT2D eigenvalue weighted by molar-refractivity contribution is 5.82. The molecule has 0 aromatic rings. The number of rotatable bonds is 4. The molecule has 1 aliphatic rings. The van der Waals surface area contributed by atoms with E-state index in [1.54, 1.807) is 0 Å². The van der Waals surface area contributed by atoms with Gasteiger partial charge in [-0.1, -0.05) is 13.8 Å². The summed E-state index contributed by atoms with van der Waals surface area (Å²) in [5, 5.41) is 3.36. The maximum atomic E-state index is 12.3. The molecule has 1 unspecified atom stereocenters. The van der Waals surface area contributed by atoms with E-state index in [1.165, 1.54) is 0 Å². The van der Waals surface area contributed by atoms with Gasteiger partial charge in [-0.3, -0.25) is 4.79 Å². The van der Waals surface area contributed by atoms with Crippen LogP contribution in [0.2, 0.25) is 0 Å². The maximum Gasteiger partial charge on any atom is 0.229 e. The zero-order valence-corrected chi connectivity index (χ0v) is 10.3. The minimum Gasteiger partial charge on any atom is -0.345 e. The first-order chi connectivity index (χ1) is 7.16. The first-order valence-electron chi connectivity index (χ1n) is 6.12. The van der Waals surface area contributed by atoms with E-state index in [0.29, 0.717) is 5.91 Å². The molecule has 0 aromatic heterocycles. The largest absolute Gasteiger partial charge is 0.345 e. The lowest BCUT2D eigenvalue weighted by Gasteiger charge is -2.38. The Balaban J connectivity index is 2.67. The Morgan fingerprint density at radius 2 is 2.20 bits per heavy atom. The molecule has 0 spiro atoms. The summed E-state index contributed by atoms with van der Waals surface area (Å²) in [7, 11) is 1.93. The summed E-state index contributed by atoms with van der Waals surface area (Å²) in [5.41, 5.74) is -0.123. The van der Waals surface area contributed by atoms with Crippen LogP contribution in [0.4, 0.5) is 0 Å². The fourth-order valence-corrected chi connectivity index (χ4v) is 2.45. The third-order valence-electron chi connectivity index (χ3n) is 3.51. The van der Waals surface area contributed by atoms with Crippen molar-refractivity contribution < 1.29 is 4.79 Å². The summed E-state index contributed by atoms with van der Waals surface area (Å²) in [6.07, 6.45) is 4.16. The van der Waals surface area contributed by atoms with E-state index in [0.717, 1.165) is 45.3 Å². The lowest BCUT2D eigenvalue weighted by Crippen LogP contribution is -2.50. The zero-order valence-electron chi connectivity index (χ0n) is 10.3. The van der Waals surface area contributed by atoms with Gasteiger partial charge in [0.25, 0.3) is 0 Å². The average Bonchev–Trinajstić information content (AvgIpc) is 2.29. The van der Waals surface area contributed by atoms with Crippen LogP contribution in [0.1, 0.15) is 39.5 Å². The van der Waals surface area contributed by atoms with E-state index in [-0.39, 0.29) is 5.41 Å². The molecule has 0 bridgehead atoms. The van der Waals surface area contributed by atoms with Crippen LogP contribution in [0, 0.1) is 5.41 Å². The van der Waals surface area contributed by atoms with Gasteiger partial charge in [-0.2, -0.15) is 0 Å². The molecule has 0 radical (unpaired) electrons. The van der Waals surface area contributed by atoms with E-state index in [1.807, 2.05) is 11.9 Å². The van der Waals surface area contributed by atoms with Crippen LogP contribution in [0.3, 0.4) is 0 Å². The molecule has 15 heavy (non-hydrogen) atoms. The lowest BCUT2D eigenvalue weighted by molar-refractivity contribution is -0.142. The Morgan fingerprint density at radius 3 is 2.67 bits per heavy atom. The number of hydrogen-bond acceptors (Lipinski definition) is 2. The standard InChI is InChI=1S/C12H24N2O/c1-4-9-14(3)11(15)12(5-2)7-6-8-13-10-12/h13H,4-10H2,1-3H3. The van der Waals surface area contributed by atoms with Crippen LogP contribution in [-0.4, -0.2) is 37.5 Å². The van der Waals surface area contributed by atoms with Crippen molar-refractivity contribution in [3.63, 3.8) is 0 Å². The van der Waals surface area contributed by atoms with Crippen molar-refractivity contribution in [3.8, 4) is 0 Å². The highest BCUT2D eigenvalue weighted by atomic mass is 16.2. The van der Waals surface area contributed by atoms with Crippen molar-refractivity contribution in [3.05, 3.63) is 0 Å². The van der Waals surface area contributed by atoms with E-state index in [9.17, 15) is 4.79 Å². The number of hydrogen-bond donors (Lipinski definition) is 1. The second kappa shape index (κ2) is 5.50. The zero-order chi connectivity index (χ0) is 11.3. The molecule has 1 heterocycles. The van der Waals surface area contributed by atoms with E-state index in [4.69, 9.17) is 0 Å². The van der Waals surface area contributed by atoms with Crippen molar-refractivity contribution in [1.82, 2.24) is 10.2 Å². The number of carbonyl (C=O) groups is 1. The smallest absolute Gasteiger partial charge is 0.229 e. The Labute approximate surface area is 93.2 Å². The van der Waals surface area contributed by atoms with Crippen molar-refractivity contribution in [1.29, 1.82) is 0 Å². The molecular weight excluding hydrogens is 188 g/mol. The van der Waals surface area contributed by atoms with Crippen LogP contribution in [0.15, 0.2) is 0 Å². The summed E-state index contributed by atoms with van der Waals surface area (Å²) >= 11 is 0. The topological polar surface area (TPSA) is 32.3 Å². The van der Waals surface area contributed by atoms with Crippen molar-refractivity contribution in [2.45, 2.75) is 39.5 Å². The molecule has 3 heteroatoms. The molecule has 3 nitrogen and oxygen atoms in total. The Hall–Kier alpha value is -0.570. The molecule has 0 saturated carbocycles. The first-order valence-corrected chi connectivity index (χ1v) is 6.12. The van der Waals surface area contributed by atoms with Gasteiger partial charge in [-0.25, -0.2) is 0 Å². The number of piperidine rings is 1. The predicted octanol–water partition coefficient (Wildman–Crippen LogP) is 1.63. The van der Waals surface area contributed by atoms with Gasteiger partial charge in [0.15, 0.2) is 0 Å². The van der Waals surface area contributed by atoms with Crippen LogP contribution < -0.4 is 5.32 Å². The maximum absolute atomic E-state index is 12.3. The highest BCUT2D eigenvalue weighted by Crippen LogP contribution is 2.31. The summed E-state index contributed by atoms with van der Waals surface area (Å²) in [5.74, 6) is 0.332. The van der Waals surface area contributed by atoms with Gasteiger partial charge in [0, 0.05) is 20.1 Å². The molecule has 1 atom stereocenters. The van der Waals surface area contributed by atoms with Crippen LogP contribution in [0.25, 0.3) is 0 Å². The van der Waals surface area contributed by atoms with Crippen LogP contribution in [0.5, 0.6) is 0 Å². The summed E-state index contributed by atoms with van der Waals surface area (Å²) < 4.78 is 0. The molecule has 1 fully saturated rings. The van der Waals surface area contributed by atoms with Crippen molar-refractivity contribution >= 4 is 5.91 Å². The first kappa shape index (κ1) is 12.5. The quantitative estimate of drug-likeness (QED) is 0.768. The number of amides is 1. The summed E-state index contributed by atoms with van der Waals surface area (Å²) in [4.78, 5) is 14.2. The van der Waals surface area contributed by atoms with E-state index >= 15 is 0 Å². The second-order valence-corrected chi connectivity index (χ2v) is 4.64. The SMILES string of the molecule is CCCN(C)C(=O)C1(CC)CCCNC1. The van der Waals surface area contributed by atoms with Crippen LogP contribution >= 0.6 is 0 Å². The van der Waals surface area contributed by atoms with Gasteiger partial charge >= 0.3 is 0 Å². The third-order valence-corrected chi connectivity index (χ3v) is 3.51. The van der Waals surface area contributed by atoms with E-state index < -0.39 is 0 Å². The van der Waals surface area contributed by atoms with Gasteiger partial charge in [-0.15, -0.1) is 0 Å². The van der Waals surface area contributed by atoms with Crippen LogP contribution in [-0.2, 0) is 4.79 Å². The summed E-state index contributed by atoms with van der Waals surface area (Å²) in [6.45, 7) is 7.04. The average molecular weight is 212 g/mol. The van der Waals surface area contributed by atoms with Crippen molar-refractivity contribution in [2.75, 3.05) is 26.7 Å². The minimum atomic E-state index is -0.123. The molecule has 88 valence electrons. The highest BCUT2D eigenvalue weighted by Gasteiger charge is 2.39. The molecule has 1 aliphatic heterocycles. The van der Waals surface area contributed by atoms with Crippen molar-refractivity contribution in [2.24, 2.45) is 5.41 Å². The Bertz CT molecular complexity index is 210. The molecule has 0 aliphatic carbocycles. The normalized spacial score (nSPS) is 26.3. The minimum absolute atomic E-state index is 0.123. The molecule has 1 amide bonds. The van der Waals surface area contributed by atoms with Gasteiger partial charge < -0.3 is 10.2 Å². The fraction of sp³-hybridized carbons (Fsp3) is 0.917. The summed E-state index contributed by atoms with van der Waals surface area (Å²) in [6, 6.07) is 0. The number of nitrogens with zero attached hydrogens (tertiary/aromatic N) is 1. The molecule has 1 N–H and O–H groups in total. The van der Waals surface area contributed by atoms with Gasteiger partial charge in [0.1, 0.15) is 0 Å². The molecule has 0 aromatic carbocycles.